The summed E-state index contributed by atoms with van der Waals surface area (Å²) in [6.07, 6.45) is 2.01. The van der Waals surface area contributed by atoms with Crippen LogP contribution in [0.3, 0.4) is 0 Å². The van der Waals surface area contributed by atoms with Crippen molar-refractivity contribution < 1.29 is 14.8 Å². The summed E-state index contributed by atoms with van der Waals surface area (Å²) >= 11 is 0. The molecule has 0 aliphatic heterocycles. The van der Waals surface area contributed by atoms with Crippen LogP contribution in [0.4, 0.5) is 5.69 Å². The number of carbonyl (C=O) groups is 1. The number of non-ortho nitro benzene ring substituents is 1. The molecule has 0 heterocycles. The van der Waals surface area contributed by atoms with Crippen LogP contribution in [-0.4, -0.2) is 22.5 Å². The molecule has 1 fully saturated rings. The standard InChI is InChI=1S/C13H16N2O4/c14-8-11(13(12(16)17)5-2-6-13)9-3-1-4-10(7-9)15(18)19/h1,3-4,7,11H,2,5-6,8,14H2,(H,16,17)/t11-/m0/s1. The molecule has 0 amide bonds. The molecule has 1 aromatic rings. The molecule has 1 atom stereocenters. The number of hydrogen-bond donors (Lipinski definition) is 2. The zero-order valence-electron chi connectivity index (χ0n) is 10.4. The van der Waals surface area contributed by atoms with E-state index in [1.807, 2.05) is 0 Å². The fraction of sp³-hybridized carbons (Fsp3) is 0.462. The highest BCUT2D eigenvalue weighted by atomic mass is 16.6. The summed E-state index contributed by atoms with van der Waals surface area (Å²) in [6, 6.07) is 6.11. The summed E-state index contributed by atoms with van der Waals surface area (Å²) in [5, 5.41) is 20.2. The predicted octanol–water partition coefficient (Wildman–Crippen LogP) is 1.89. The van der Waals surface area contributed by atoms with Crippen LogP contribution in [-0.2, 0) is 4.79 Å². The lowest BCUT2D eigenvalue weighted by atomic mass is 9.59. The van der Waals surface area contributed by atoms with Crippen molar-refractivity contribution in [1.82, 2.24) is 0 Å². The third-order valence-electron chi connectivity index (χ3n) is 4.06. The molecule has 1 aliphatic carbocycles. The molecular formula is C13H16N2O4. The van der Waals surface area contributed by atoms with Crippen LogP contribution in [0.25, 0.3) is 0 Å². The first-order valence-corrected chi connectivity index (χ1v) is 6.19. The normalized spacial score (nSPS) is 18.4. The van der Waals surface area contributed by atoms with E-state index in [1.165, 1.54) is 12.1 Å². The van der Waals surface area contributed by atoms with E-state index in [0.717, 1.165) is 6.42 Å². The third-order valence-corrected chi connectivity index (χ3v) is 4.06. The Morgan fingerprint density at radius 1 is 1.53 bits per heavy atom. The molecule has 0 radical (unpaired) electrons. The highest BCUT2D eigenvalue weighted by molar-refractivity contribution is 5.77. The number of carboxylic acids is 1. The van der Waals surface area contributed by atoms with E-state index in [4.69, 9.17) is 5.73 Å². The number of rotatable bonds is 5. The maximum Gasteiger partial charge on any atom is 0.310 e. The van der Waals surface area contributed by atoms with Crippen LogP contribution >= 0.6 is 0 Å². The number of aliphatic carboxylic acids is 1. The first-order chi connectivity index (χ1) is 9.01. The average Bonchev–Trinajstić information content (AvgIpc) is 2.33. The number of nitro benzene ring substituents is 1. The van der Waals surface area contributed by atoms with E-state index in [1.54, 1.807) is 12.1 Å². The average molecular weight is 264 g/mol. The molecule has 6 nitrogen and oxygen atoms in total. The fourth-order valence-electron chi connectivity index (χ4n) is 2.80. The molecule has 19 heavy (non-hydrogen) atoms. The Bertz CT molecular complexity index is 511. The number of carboxylic acid groups (broad SMARTS) is 1. The second-order valence-electron chi connectivity index (χ2n) is 4.96. The van der Waals surface area contributed by atoms with Crippen LogP contribution < -0.4 is 5.73 Å². The lowest BCUT2D eigenvalue weighted by molar-refractivity contribution is -0.384. The van der Waals surface area contributed by atoms with Gasteiger partial charge in [0, 0.05) is 24.6 Å². The van der Waals surface area contributed by atoms with Crippen molar-refractivity contribution in [3.8, 4) is 0 Å². The molecule has 102 valence electrons. The van der Waals surface area contributed by atoms with Crippen molar-refractivity contribution >= 4 is 11.7 Å². The molecule has 0 aromatic heterocycles. The molecule has 0 spiro atoms. The van der Waals surface area contributed by atoms with Gasteiger partial charge in [-0.25, -0.2) is 0 Å². The Balaban J connectivity index is 2.39. The van der Waals surface area contributed by atoms with Crippen molar-refractivity contribution in [2.24, 2.45) is 11.1 Å². The van der Waals surface area contributed by atoms with Gasteiger partial charge in [0.2, 0.25) is 0 Å². The first kappa shape index (κ1) is 13.5. The van der Waals surface area contributed by atoms with Gasteiger partial charge >= 0.3 is 5.97 Å². The molecular weight excluding hydrogens is 248 g/mol. The highest BCUT2D eigenvalue weighted by Gasteiger charge is 2.50. The van der Waals surface area contributed by atoms with Gasteiger partial charge in [-0.2, -0.15) is 0 Å². The van der Waals surface area contributed by atoms with E-state index in [-0.39, 0.29) is 18.2 Å². The minimum Gasteiger partial charge on any atom is -0.481 e. The fourth-order valence-corrected chi connectivity index (χ4v) is 2.80. The topological polar surface area (TPSA) is 106 Å². The Labute approximate surface area is 110 Å². The molecule has 6 heteroatoms. The van der Waals surface area contributed by atoms with Gasteiger partial charge in [-0.15, -0.1) is 0 Å². The Hall–Kier alpha value is -1.95. The van der Waals surface area contributed by atoms with Crippen molar-refractivity contribution in [2.45, 2.75) is 25.2 Å². The highest BCUT2D eigenvalue weighted by Crippen LogP contribution is 2.51. The van der Waals surface area contributed by atoms with Gasteiger partial charge in [0.1, 0.15) is 0 Å². The zero-order valence-corrected chi connectivity index (χ0v) is 10.4. The zero-order chi connectivity index (χ0) is 14.0. The van der Waals surface area contributed by atoms with Gasteiger partial charge in [-0.3, -0.25) is 14.9 Å². The van der Waals surface area contributed by atoms with E-state index in [0.29, 0.717) is 18.4 Å². The predicted molar refractivity (Wildman–Crippen MR) is 68.8 cm³/mol. The van der Waals surface area contributed by atoms with Crippen molar-refractivity contribution in [3.05, 3.63) is 39.9 Å². The monoisotopic (exact) mass is 264 g/mol. The smallest absolute Gasteiger partial charge is 0.310 e. The molecule has 0 bridgehead atoms. The van der Waals surface area contributed by atoms with Gasteiger partial charge < -0.3 is 10.8 Å². The van der Waals surface area contributed by atoms with Crippen LogP contribution in [0.1, 0.15) is 30.7 Å². The van der Waals surface area contributed by atoms with Crippen molar-refractivity contribution in [1.29, 1.82) is 0 Å². The van der Waals surface area contributed by atoms with E-state index >= 15 is 0 Å². The first-order valence-electron chi connectivity index (χ1n) is 6.19. The summed E-state index contributed by atoms with van der Waals surface area (Å²) in [5.74, 6) is -1.24. The van der Waals surface area contributed by atoms with Gasteiger partial charge in [0.05, 0.1) is 10.3 Å². The van der Waals surface area contributed by atoms with Crippen LogP contribution in [0.15, 0.2) is 24.3 Å². The molecule has 1 aliphatic rings. The Kier molecular flexibility index (Phi) is 3.53. The second kappa shape index (κ2) is 4.97. The lowest BCUT2D eigenvalue weighted by Gasteiger charge is -2.43. The number of nitrogens with zero attached hydrogens (tertiary/aromatic N) is 1. The maximum atomic E-state index is 11.5. The molecule has 1 aromatic carbocycles. The van der Waals surface area contributed by atoms with Gasteiger partial charge in [-0.1, -0.05) is 18.6 Å². The number of nitro groups is 1. The number of nitrogens with two attached hydrogens (primary N) is 1. The Morgan fingerprint density at radius 3 is 2.63 bits per heavy atom. The quantitative estimate of drug-likeness (QED) is 0.623. The molecule has 2 rings (SSSR count). The molecule has 0 unspecified atom stereocenters. The van der Waals surface area contributed by atoms with E-state index < -0.39 is 16.3 Å². The second-order valence-corrected chi connectivity index (χ2v) is 4.96. The van der Waals surface area contributed by atoms with Gasteiger partial charge in [-0.05, 0) is 18.4 Å². The van der Waals surface area contributed by atoms with Crippen LogP contribution in [0.2, 0.25) is 0 Å². The maximum absolute atomic E-state index is 11.5. The minimum absolute atomic E-state index is 0.0317. The summed E-state index contributed by atoms with van der Waals surface area (Å²) < 4.78 is 0. The lowest BCUT2D eigenvalue weighted by Crippen LogP contribution is -2.45. The van der Waals surface area contributed by atoms with E-state index in [9.17, 15) is 20.0 Å². The number of hydrogen-bond acceptors (Lipinski definition) is 4. The molecule has 3 N–H and O–H groups in total. The van der Waals surface area contributed by atoms with Crippen molar-refractivity contribution in [2.75, 3.05) is 6.54 Å². The SMILES string of the molecule is NC[C@@H](c1cccc([N+](=O)[O-])c1)C1(C(=O)O)CCC1. The largest absolute Gasteiger partial charge is 0.481 e. The Morgan fingerprint density at radius 2 is 2.21 bits per heavy atom. The number of benzene rings is 1. The third kappa shape index (κ3) is 2.19. The van der Waals surface area contributed by atoms with Gasteiger partial charge in [0.25, 0.3) is 5.69 Å². The van der Waals surface area contributed by atoms with Gasteiger partial charge in [0.15, 0.2) is 0 Å². The molecule has 0 saturated heterocycles. The summed E-state index contributed by atoms with van der Waals surface area (Å²) in [4.78, 5) is 21.8. The summed E-state index contributed by atoms with van der Waals surface area (Å²) in [7, 11) is 0. The van der Waals surface area contributed by atoms with Crippen LogP contribution in [0.5, 0.6) is 0 Å². The summed E-state index contributed by atoms with van der Waals surface area (Å²) in [6.45, 7) is 0.174. The molecule has 1 saturated carbocycles. The van der Waals surface area contributed by atoms with E-state index in [2.05, 4.69) is 0 Å². The van der Waals surface area contributed by atoms with Crippen LogP contribution in [0, 0.1) is 15.5 Å². The summed E-state index contributed by atoms with van der Waals surface area (Å²) in [5.41, 5.74) is 5.48. The van der Waals surface area contributed by atoms with Crippen molar-refractivity contribution in [3.63, 3.8) is 0 Å². The minimum atomic E-state index is -0.860.